The quantitative estimate of drug-likeness (QED) is 0.820. The largest absolute Gasteiger partial charge is 0.454 e. The number of hydrogen-bond acceptors (Lipinski definition) is 4. The van der Waals surface area contributed by atoms with Crippen molar-refractivity contribution in [3.05, 3.63) is 59.2 Å². The minimum absolute atomic E-state index is 0.257. The minimum Gasteiger partial charge on any atom is -0.454 e. The van der Waals surface area contributed by atoms with E-state index in [4.69, 9.17) is 9.47 Å². The Morgan fingerprint density at radius 2 is 1.68 bits per heavy atom. The number of nitrogens with zero attached hydrogens (tertiary/aromatic N) is 2. The van der Waals surface area contributed by atoms with Crippen LogP contribution in [0.4, 0.5) is 0 Å². The topological polar surface area (TPSA) is 42.0 Å². The van der Waals surface area contributed by atoms with Crippen LogP contribution in [0.5, 0.6) is 11.5 Å². The molecule has 0 bridgehead atoms. The first kappa shape index (κ1) is 17.6. The number of amides is 1. The van der Waals surface area contributed by atoms with Crippen LogP contribution in [-0.4, -0.2) is 48.7 Å². The molecule has 0 spiro atoms. The van der Waals surface area contributed by atoms with Gasteiger partial charge >= 0.3 is 0 Å². The van der Waals surface area contributed by atoms with Crippen molar-refractivity contribution in [2.45, 2.75) is 31.7 Å². The summed E-state index contributed by atoms with van der Waals surface area (Å²) in [5, 5.41) is 0. The van der Waals surface area contributed by atoms with Gasteiger partial charge in [0.15, 0.2) is 11.5 Å². The number of piperazine rings is 1. The first-order valence-corrected chi connectivity index (χ1v) is 10.1. The van der Waals surface area contributed by atoms with Crippen molar-refractivity contribution >= 4 is 5.91 Å². The van der Waals surface area contributed by atoms with Crippen molar-refractivity contribution in [1.29, 1.82) is 0 Å². The number of ether oxygens (including phenoxy) is 2. The first-order chi connectivity index (χ1) is 13.6. The Balaban J connectivity index is 1.20. The minimum atomic E-state index is -0.257. The Labute approximate surface area is 165 Å². The lowest BCUT2D eigenvalue weighted by atomic mass is 9.93. The fourth-order valence-electron chi connectivity index (χ4n) is 4.33. The lowest BCUT2D eigenvalue weighted by molar-refractivity contribution is -0.135. The van der Waals surface area contributed by atoms with Gasteiger partial charge in [0, 0.05) is 32.7 Å². The van der Waals surface area contributed by atoms with Crippen LogP contribution in [0, 0.1) is 6.92 Å². The summed E-state index contributed by atoms with van der Waals surface area (Å²) in [7, 11) is 0. The predicted octanol–water partition coefficient (Wildman–Crippen LogP) is 3.10. The van der Waals surface area contributed by atoms with Crippen LogP contribution in [0.25, 0.3) is 0 Å². The van der Waals surface area contributed by atoms with E-state index >= 15 is 0 Å². The molecule has 5 rings (SSSR count). The second kappa shape index (κ2) is 6.82. The van der Waals surface area contributed by atoms with Crippen LogP contribution in [0.2, 0.25) is 0 Å². The summed E-state index contributed by atoms with van der Waals surface area (Å²) in [6.07, 6.45) is 1.96. The first-order valence-electron chi connectivity index (χ1n) is 10.1. The Morgan fingerprint density at radius 1 is 0.964 bits per heavy atom. The monoisotopic (exact) mass is 378 g/mol. The number of carbonyl (C=O) groups is 1. The van der Waals surface area contributed by atoms with Gasteiger partial charge in [0.05, 0.1) is 5.41 Å². The average molecular weight is 378 g/mol. The van der Waals surface area contributed by atoms with E-state index in [2.05, 4.69) is 53.1 Å². The zero-order valence-corrected chi connectivity index (χ0v) is 16.3. The summed E-state index contributed by atoms with van der Waals surface area (Å²) >= 11 is 0. The standard InChI is InChI=1S/C23H26N2O3/c1-17-2-5-19(6-3-17)23(8-9-23)22(26)25-12-10-24(11-13-25)15-18-4-7-20-21(14-18)28-16-27-20/h2-7,14H,8-13,15-16H2,1H3. The van der Waals surface area contributed by atoms with E-state index in [1.807, 2.05) is 6.07 Å². The van der Waals surface area contributed by atoms with E-state index in [9.17, 15) is 4.79 Å². The van der Waals surface area contributed by atoms with Crippen molar-refractivity contribution < 1.29 is 14.3 Å². The van der Waals surface area contributed by atoms with Gasteiger partial charge in [0.2, 0.25) is 12.7 Å². The molecule has 1 saturated heterocycles. The second-order valence-electron chi connectivity index (χ2n) is 8.20. The van der Waals surface area contributed by atoms with Gasteiger partial charge in [0.1, 0.15) is 0 Å². The Hall–Kier alpha value is -2.53. The number of rotatable bonds is 4. The molecule has 0 atom stereocenters. The molecule has 0 N–H and O–H groups in total. The van der Waals surface area contributed by atoms with Crippen molar-refractivity contribution in [3.63, 3.8) is 0 Å². The van der Waals surface area contributed by atoms with Crippen LogP contribution in [0.15, 0.2) is 42.5 Å². The van der Waals surface area contributed by atoms with Crippen LogP contribution < -0.4 is 9.47 Å². The molecule has 28 heavy (non-hydrogen) atoms. The predicted molar refractivity (Wildman–Crippen MR) is 107 cm³/mol. The van der Waals surface area contributed by atoms with Gasteiger partial charge in [0.25, 0.3) is 0 Å². The summed E-state index contributed by atoms with van der Waals surface area (Å²) < 4.78 is 10.9. The number of benzene rings is 2. The maximum Gasteiger partial charge on any atom is 0.233 e. The maximum absolute atomic E-state index is 13.2. The third-order valence-electron chi connectivity index (χ3n) is 6.27. The number of carbonyl (C=O) groups excluding carboxylic acids is 1. The lowest BCUT2D eigenvalue weighted by Gasteiger charge is -2.36. The molecule has 5 nitrogen and oxygen atoms in total. The molecule has 2 aromatic carbocycles. The molecule has 0 radical (unpaired) electrons. The maximum atomic E-state index is 13.2. The van der Waals surface area contributed by atoms with E-state index in [1.165, 1.54) is 16.7 Å². The molecule has 0 aromatic heterocycles. The SMILES string of the molecule is Cc1ccc(C2(C(=O)N3CCN(Cc4ccc5c(c4)OCO5)CC3)CC2)cc1. The van der Waals surface area contributed by atoms with E-state index in [0.29, 0.717) is 12.7 Å². The highest BCUT2D eigenvalue weighted by Crippen LogP contribution is 2.49. The van der Waals surface area contributed by atoms with Crippen LogP contribution in [-0.2, 0) is 16.8 Å². The fraction of sp³-hybridized carbons (Fsp3) is 0.435. The Kier molecular flexibility index (Phi) is 4.27. The molecule has 5 heteroatoms. The molecule has 2 aliphatic heterocycles. The summed E-state index contributed by atoms with van der Waals surface area (Å²) in [4.78, 5) is 17.7. The third-order valence-corrected chi connectivity index (χ3v) is 6.27. The van der Waals surface area contributed by atoms with E-state index in [0.717, 1.165) is 57.1 Å². The van der Waals surface area contributed by atoms with Crippen molar-refractivity contribution in [3.8, 4) is 11.5 Å². The molecule has 2 heterocycles. The van der Waals surface area contributed by atoms with Crippen LogP contribution in [0.1, 0.15) is 29.5 Å². The summed E-state index contributed by atoms with van der Waals surface area (Å²) in [6, 6.07) is 14.7. The summed E-state index contributed by atoms with van der Waals surface area (Å²) in [5.41, 5.74) is 3.39. The Bertz CT molecular complexity index is 881. The molecule has 146 valence electrons. The highest BCUT2D eigenvalue weighted by molar-refractivity contribution is 5.91. The second-order valence-corrected chi connectivity index (χ2v) is 8.20. The van der Waals surface area contributed by atoms with Crippen molar-refractivity contribution in [2.75, 3.05) is 33.0 Å². The van der Waals surface area contributed by atoms with Gasteiger partial charge in [-0.1, -0.05) is 35.9 Å². The van der Waals surface area contributed by atoms with E-state index in [1.54, 1.807) is 0 Å². The molecule has 1 saturated carbocycles. The smallest absolute Gasteiger partial charge is 0.233 e. The molecule has 0 unspecified atom stereocenters. The highest BCUT2D eigenvalue weighted by Gasteiger charge is 2.53. The normalized spacial score (nSPS) is 20.2. The van der Waals surface area contributed by atoms with Gasteiger partial charge < -0.3 is 14.4 Å². The molecule has 3 aliphatic rings. The van der Waals surface area contributed by atoms with Crippen molar-refractivity contribution in [2.24, 2.45) is 0 Å². The summed E-state index contributed by atoms with van der Waals surface area (Å²) in [6.45, 7) is 6.69. The molecule has 2 aromatic rings. The van der Waals surface area contributed by atoms with Gasteiger partial charge in [-0.2, -0.15) is 0 Å². The molecular weight excluding hydrogens is 352 g/mol. The van der Waals surface area contributed by atoms with Gasteiger partial charge in [-0.15, -0.1) is 0 Å². The van der Waals surface area contributed by atoms with Gasteiger partial charge in [-0.25, -0.2) is 0 Å². The van der Waals surface area contributed by atoms with Gasteiger partial charge in [-0.3, -0.25) is 9.69 Å². The summed E-state index contributed by atoms with van der Waals surface area (Å²) in [5.74, 6) is 1.98. The third kappa shape index (κ3) is 3.14. The zero-order valence-electron chi connectivity index (χ0n) is 16.3. The number of hydrogen-bond donors (Lipinski definition) is 0. The number of aryl methyl sites for hydroxylation is 1. The molecule has 1 amide bonds. The average Bonchev–Trinajstić information content (AvgIpc) is 3.39. The lowest BCUT2D eigenvalue weighted by Crippen LogP contribution is -2.51. The van der Waals surface area contributed by atoms with Gasteiger partial charge in [-0.05, 0) is 43.0 Å². The highest BCUT2D eigenvalue weighted by atomic mass is 16.7. The fourth-order valence-corrected chi connectivity index (χ4v) is 4.33. The molecule has 1 aliphatic carbocycles. The van der Waals surface area contributed by atoms with Crippen molar-refractivity contribution in [1.82, 2.24) is 9.80 Å². The van der Waals surface area contributed by atoms with E-state index in [-0.39, 0.29) is 5.41 Å². The van der Waals surface area contributed by atoms with E-state index < -0.39 is 0 Å². The number of fused-ring (bicyclic) bond motifs is 1. The zero-order chi connectivity index (χ0) is 19.1. The van der Waals surface area contributed by atoms with Crippen LogP contribution >= 0.6 is 0 Å². The molecular formula is C23H26N2O3. The molecule has 2 fully saturated rings. The van der Waals surface area contributed by atoms with Crippen LogP contribution in [0.3, 0.4) is 0 Å². The Morgan fingerprint density at radius 3 is 2.39 bits per heavy atom.